The maximum absolute atomic E-state index is 13.1. The summed E-state index contributed by atoms with van der Waals surface area (Å²) in [5, 5.41) is 13.5. The zero-order valence-corrected chi connectivity index (χ0v) is 17.8. The number of aliphatic hydroxyl groups is 1. The first-order valence-electron chi connectivity index (χ1n) is 9.17. The Morgan fingerprint density at radius 3 is 2.30 bits per heavy atom. The van der Waals surface area contributed by atoms with Gasteiger partial charge in [-0.25, -0.2) is 0 Å². The molecule has 0 saturated carbocycles. The number of Topliss-reactive ketones (excluding diaryl/α,β-unsaturated/α-hetero) is 1. The van der Waals surface area contributed by atoms with Crippen LogP contribution in [0.3, 0.4) is 0 Å². The van der Waals surface area contributed by atoms with Crippen molar-refractivity contribution < 1.29 is 19.4 Å². The molecule has 7 heteroatoms. The Morgan fingerprint density at radius 1 is 1.07 bits per heavy atom. The van der Waals surface area contributed by atoms with Crippen molar-refractivity contribution in [2.45, 2.75) is 13.0 Å². The van der Waals surface area contributed by atoms with E-state index in [0.717, 1.165) is 10.4 Å². The fraction of sp³-hybridized carbons (Fsp3) is 0.130. The Bertz CT molecular complexity index is 1150. The Hall–Kier alpha value is -3.09. The molecule has 1 atom stereocenters. The van der Waals surface area contributed by atoms with E-state index in [2.05, 4.69) is 0 Å². The lowest BCUT2D eigenvalue weighted by atomic mass is 9.98. The summed E-state index contributed by atoms with van der Waals surface area (Å²) in [4.78, 5) is 28.3. The Labute approximate surface area is 182 Å². The Morgan fingerprint density at radius 2 is 1.73 bits per heavy atom. The largest absolute Gasteiger partial charge is 0.507 e. The number of rotatable bonds is 4. The van der Waals surface area contributed by atoms with E-state index < -0.39 is 17.7 Å². The molecule has 1 saturated heterocycles. The van der Waals surface area contributed by atoms with Gasteiger partial charge in [0.2, 0.25) is 0 Å². The van der Waals surface area contributed by atoms with Gasteiger partial charge in [-0.1, -0.05) is 11.6 Å². The van der Waals surface area contributed by atoms with Crippen LogP contribution in [0.25, 0.3) is 5.76 Å². The van der Waals surface area contributed by atoms with Crippen LogP contribution in [0, 0.1) is 6.92 Å². The molecule has 1 aliphatic heterocycles. The smallest absolute Gasteiger partial charge is 0.300 e. The van der Waals surface area contributed by atoms with E-state index >= 15 is 0 Å². The average molecular weight is 440 g/mol. The van der Waals surface area contributed by atoms with Gasteiger partial charge < -0.3 is 9.84 Å². The highest BCUT2D eigenvalue weighted by molar-refractivity contribution is 7.10. The lowest BCUT2D eigenvalue weighted by Crippen LogP contribution is -2.29. The predicted molar refractivity (Wildman–Crippen MR) is 118 cm³/mol. The van der Waals surface area contributed by atoms with Crippen molar-refractivity contribution in [2.24, 2.45) is 0 Å². The van der Waals surface area contributed by atoms with Gasteiger partial charge in [-0.05, 0) is 72.5 Å². The number of anilines is 1. The summed E-state index contributed by atoms with van der Waals surface area (Å²) in [6, 6.07) is 14.6. The number of ether oxygens (including phenoxy) is 1. The van der Waals surface area contributed by atoms with Gasteiger partial charge in [-0.15, -0.1) is 11.3 Å². The number of amides is 1. The van der Waals surface area contributed by atoms with E-state index in [1.807, 2.05) is 18.4 Å². The summed E-state index contributed by atoms with van der Waals surface area (Å²) in [6.45, 7) is 1.92. The first-order chi connectivity index (χ1) is 14.4. The zero-order valence-electron chi connectivity index (χ0n) is 16.3. The first-order valence-corrected chi connectivity index (χ1v) is 10.4. The molecular weight excluding hydrogens is 422 g/mol. The number of methoxy groups -OCH3 is 1. The highest BCUT2D eigenvalue weighted by Crippen LogP contribution is 2.45. The molecule has 3 aromatic rings. The Balaban J connectivity index is 1.91. The second kappa shape index (κ2) is 7.97. The Kier molecular flexibility index (Phi) is 5.37. The third kappa shape index (κ3) is 3.38. The van der Waals surface area contributed by atoms with Crippen LogP contribution < -0.4 is 9.64 Å². The average Bonchev–Trinajstić information content (AvgIpc) is 3.29. The minimum absolute atomic E-state index is 0.0608. The summed E-state index contributed by atoms with van der Waals surface area (Å²) in [6.07, 6.45) is 0. The number of nitrogens with zero attached hydrogens (tertiary/aromatic N) is 1. The summed E-state index contributed by atoms with van der Waals surface area (Å²) >= 11 is 7.44. The van der Waals surface area contributed by atoms with Crippen LogP contribution in [0.5, 0.6) is 5.75 Å². The summed E-state index contributed by atoms with van der Waals surface area (Å²) in [5.74, 6) is -1.01. The number of ketones is 1. The van der Waals surface area contributed by atoms with Gasteiger partial charge in [0.05, 0.1) is 12.7 Å². The van der Waals surface area contributed by atoms with Crippen LogP contribution in [0.2, 0.25) is 5.02 Å². The van der Waals surface area contributed by atoms with Crippen LogP contribution in [-0.4, -0.2) is 23.9 Å². The number of carbonyl (C=O) groups excluding carboxylic acids is 2. The molecule has 0 spiro atoms. The van der Waals surface area contributed by atoms with E-state index in [-0.39, 0.29) is 11.3 Å². The molecule has 0 radical (unpaired) electrons. The van der Waals surface area contributed by atoms with Gasteiger partial charge in [0.25, 0.3) is 11.7 Å². The van der Waals surface area contributed by atoms with Gasteiger partial charge in [0.15, 0.2) is 0 Å². The van der Waals surface area contributed by atoms with Crippen LogP contribution in [0.1, 0.15) is 22.0 Å². The minimum Gasteiger partial charge on any atom is -0.507 e. The van der Waals surface area contributed by atoms with Crippen molar-refractivity contribution in [3.8, 4) is 5.75 Å². The topological polar surface area (TPSA) is 66.8 Å². The molecule has 152 valence electrons. The van der Waals surface area contributed by atoms with Gasteiger partial charge in [0, 0.05) is 21.2 Å². The van der Waals surface area contributed by atoms with Crippen LogP contribution in [0.4, 0.5) is 5.69 Å². The maximum atomic E-state index is 13.1. The number of aliphatic hydroxyl groups excluding tert-OH is 1. The highest BCUT2D eigenvalue weighted by Gasteiger charge is 2.47. The second-order valence-corrected chi connectivity index (χ2v) is 8.23. The van der Waals surface area contributed by atoms with Gasteiger partial charge in [-0.2, -0.15) is 0 Å². The fourth-order valence-corrected chi connectivity index (χ4v) is 4.67. The quantitative estimate of drug-likeness (QED) is 0.338. The lowest BCUT2D eigenvalue weighted by Gasteiger charge is -2.25. The molecular formula is C23H18ClNO4S. The van der Waals surface area contributed by atoms with E-state index in [9.17, 15) is 14.7 Å². The van der Waals surface area contributed by atoms with E-state index in [4.69, 9.17) is 16.3 Å². The van der Waals surface area contributed by atoms with Gasteiger partial charge in [0.1, 0.15) is 17.6 Å². The standard InChI is InChI=1S/C23H18ClNO4S/c1-13-11-12-30-22(13)19-18(20(26)14-3-9-17(29-2)10-4-14)21(27)23(28)25(19)16-7-5-15(24)6-8-16/h3-12,19,26H,1-2H3/b20-18-. The van der Waals surface area contributed by atoms with E-state index in [1.54, 1.807) is 55.6 Å². The second-order valence-electron chi connectivity index (χ2n) is 6.84. The summed E-state index contributed by atoms with van der Waals surface area (Å²) < 4.78 is 5.16. The molecule has 1 unspecified atom stereocenters. The van der Waals surface area contributed by atoms with Crippen molar-refractivity contribution in [3.05, 3.63) is 86.6 Å². The number of aryl methyl sites for hydroxylation is 1. The predicted octanol–water partition coefficient (Wildman–Crippen LogP) is 5.34. The monoisotopic (exact) mass is 439 g/mol. The number of thiophene rings is 1. The van der Waals surface area contributed by atoms with Crippen LogP contribution in [-0.2, 0) is 9.59 Å². The van der Waals surface area contributed by atoms with Gasteiger partial charge >= 0.3 is 0 Å². The normalized spacial score (nSPS) is 18.1. The fourth-order valence-electron chi connectivity index (χ4n) is 3.52. The van der Waals surface area contributed by atoms with Crippen molar-refractivity contribution >= 4 is 46.1 Å². The van der Waals surface area contributed by atoms with Crippen molar-refractivity contribution in [3.63, 3.8) is 0 Å². The third-order valence-electron chi connectivity index (χ3n) is 5.06. The maximum Gasteiger partial charge on any atom is 0.300 e. The molecule has 5 nitrogen and oxygen atoms in total. The number of carbonyl (C=O) groups is 2. The third-order valence-corrected chi connectivity index (χ3v) is 6.39. The lowest BCUT2D eigenvalue weighted by molar-refractivity contribution is -0.132. The number of hydrogen-bond donors (Lipinski definition) is 1. The van der Waals surface area contributed by atoms with Gasteiger partial charge in [-0.3, -0.25) is 14.5 Å². The molecule has 1 aliphatic rings. The van der Waals surface area contributed by atoms with Crippen molar-refractivity contribution in [1.82, 2.24) is 0 Å². The molecule has 0 aliphatic carbocycles. The molecule has 30 heavy (non-hydrogen) atoms. The SMILES string of the molecule is COc1ccc(/C(O)=C2/C(=O)C(=O)N(c3ccc(Cl)cc3)C2c2sccc2C)cc1. The molecule has 1 aromatic heterocycles. The molecule has 1 N–H and O–H groups in total. The van der Waals surface area contributed by atoms with E-state index in [1.165, 1.54) is 16.2 Å². The molecule has 1 fully saturated rings. The molecule has 4 rings (SSSR count). The molecule has 2 aromatic carbocycles. The zero-order chi connectivity index (χ0) is 21.4. The number of benzene rings is 2. The highest BCUT2D eigenvalue weighted by atomic mass is 35.5. The number of hydrogen-bond acceptors (Lipinski definition) is 5. The van der Waals surface area contributed by atoms with Crippen molar-refractivity contribution in [1.29, 1.82) is 0 Å². The molecule has 1 amide bonds. The first kappa shape index (κ1) is 20.2. The van der Waals surface area contributed by atoms with Crippen LogP contribution >= 0.6 is 22.9 Å². The minimum atomic E-state index is -0.728. The summed E-state index contributed by atoms with van der Waals surface area (Å²) in [5.41, 5.74) is 1.97. The molecule has 2 heterocycles. The summed E-state index contributed by atoms with van der Waals surface area (Å²) in [7, 11) is 1.55. The van der Waals surface area contributed by atoms with E-state index in [0.29, 0.717) is 22.0 Å². The van der Waals surface area contributed by atoms with Crippen LogP contribution in [0.15, 0.2) is 65.6 Å². The molecule has 0 bridgehead atoms. The number of halogens is 1. The van der Waals surface area contributed by atoms with Crippen molar-refractivity contribution in [2.75, 3.05) is 12.0 Å².